The zero-order chi connectivity index (χ0) is 26.5. The topological polar surface area (TPSA) is 97.0 Å². The van der Waals surface area contributed by atoms with E-state index in [1.165, 1.54) is 13.2 Å². The van der Waals surface area contributed by atoms with E-state index in [9.17, 15) is 14.4 Å². The van der Waals surface area contributed by atoms with Gasteiger partial charge in [0.2, 0.25) is 5.91 Å². The number of carbonyl (C=O) groups is 3. The van der Waals surface area contributed by atoms with Crippen LogP contribution in [0, 0.1) is 6.92 Å². The minimum absolute atomic E-state index is 0.0341. The van der Waals surface area contributed by atoms with Crippen molar-refractivity contribution in [3.8, 4) is 11.5 Å². The molecule has 0 bridgehead atoms. The SMILES string of the molecule is COc1cc(/C=C2\NC(=O)N(CC(=O)Nc3ccc(C)cc3)C2=O)cc(Br)c1OCc1ccccc1Cl. The summed E-state index contributed by atoms with van der Waals surface area (Å²) in [4.78, 5) is 38.5. The summed E-state index contributed by atoms with van der Waals surface area (Å²) in [5.41, 5.74) is 3.04. The fraction of sp³-hybridized carbons (Fsp3) is 0.148. The second-order valence-corrected chi connectivity index (χ2v) is 9.47. The monoisotopic (exact) mass is 583 g/mol. The number of nitrogens with zero attached hydrogens (tertiary/aromatic N) is 1. The second kappa shape index (κ2) is 11.5. The van der Waals surface area contributed by atoms with Gasteiger partial charge in [0.25, 0.3) is 5.91 Å². The summed E-state index contributed by atoms with van der Waals surface area (Å²) in [6.45, 7) is 1.74. The van der Waals surface area contributed by atoms with Crippen molar-refractivity contribution in [2.24, 2.45) is 0 Å². The minimum atomic E-state index is -0.680. The molecular formula is C27H23BrClN3O5. The number of urea groups is 1. The first-order chi connectivity index (χ1) is 17.7. The average Bonchev–Trinajstić information content (AvgIpc) is 3.12. The lowest BCUT2D eigenvalue weighted by Gasteiger charge is -2.14. The Hall–Kier alpha value is -3.82. The summed E-state index contributed by atoms with van der Waals surface area (Å²) in [6, 6.07) is 17.3. The van der Waals surface area contributed by atoms with Gasteiger partial charge in [-0.1, -0.05) is 47.5 Å². The summed E-state index contributed by atoms with van der Waals surface area (Å²) < 4.78 is 12.0. The molecule has 4 amide bonds. The number of amides is 4. The van der Waals surface area contributed by atoms with Gasteiger partial charge in [-0.3, -0.25) is 9.59 Å². The molecule has 1 aliphatic heterocycles. The first-order valence-corrected chi connectivity index (χ1v) is 12.4. The van der Waals surface area contributed by atoms with E-state index in [1.54, 1.807) is 30.3 Å². The van der Waals surface area contributed by atoms with Crippen molar-refractivity contribution in [1.29, 1.82) is 0 Å². The van der Waals surface area contributed by atoms with Gasteiger partial charge in [0.05, 0.1) is 11.6 Å². The third-order valence-electron chi connectivity index (χ3n) is 5.49. The van der Waals surface area contributed by atoms with Crippen LogP contribution in [0.4, 0.5) is 10.5 Å². The van der Waals surface area contributed by atoms with Crippen molar-refractivity contribution in [3.63, 3.8) is 0 Å². The first kappa shape index (κ1) is 26.2. The molecule has 1 saturated heterocycles. The van der Waals surface area contributed by atoms with Crippen LogP contribution >= 0.6 is 27.5 Å². The van der Waals surface area contributed by atoms with Crippen LogP contribution in [0.2, 0.25) is 5.02 Å². The van der Waals surface area contributed by atoms with Crippen molar-refractivity contribution in [1.82, 2.24) is 10.2 Å². The lowest BCUT2D eigenvalue weighted by molar-refractivity contribution is -0.127. The third-order valence-corrected chi connectivity index (χ3v) is 6.45. The predicted octanol–water partition coefficient (Wildman–Crippen LogP) is 5.53. The molecule has 0 spiro atoms. The zero-order valence-corrected chi connectivity index (χ0v) is 22.4. The van der Waals surface area contributed by atoms with Gasteiger partial charge >= 0.3 is 6.03 Å². The molecule has 37 heavy (non-hydrogen) atoms. The highest BCUT2D eigenvalue weighted by atomic mass is 79.9. The molecule has 190 valence electrons. The van der Waals surface area contributed by atoms with Gasteiger partial charge in [0, 0.05) is 16.3 Å². The molecule has 0 saturated carbocycles. The number of hydrogen-bond acceptors (Lipinski definition) is 5. The van der Waals surface area contributed by atoms with Gasteiger partial charge in [0.15, 0.2) is 11.5 Å². The Morgan fingerprint density at radius 1 is 1.14 bits per heavy atom. The lowest BCUT2D eigenvalue weighted by atomic mass is 10.1. The Balaban J connectivity index is 1.47. The Morgan fingerprint density at radius 2 is 1.86 bits per heavy atom. The minimum Gasteiger partial charge on any atom is -0.493 e. The molecule has 0 atom stereocenters. The summed E-state index contributed by atoms with van der Waals surface area (Å²) in [5, 5.41) is 5.79. The number of hydrogen-bond donors (Lipinski definition) is 2. The summed E-state index contributed by atoms with van der Waals surface area (Å²) in [7, 11) is 1.50. The lowest BCUT2D eigenvalue weighted by Crippen LogP contribution is -2.38. The van der Waals surface area contributed by atoms with E-state index in [-0.39, 0.29) is 12.3 Å². The molecule has 4 rings (SSSR count). The molecule has 0 aliphatic carbocycles. The van der Waals surface area contributed by atoms with E-state index < -0.39 is 24.4 Å². The van der Waals surface area contributed by atoms with Gasteiger partial charge in [-0.15, -0.1) is 0 Å². The van der Waals surface area contributed by atoms with Crippen LogP contribution in [0.1, 0.15) is 16.7 Å². The molecule has 1 aliphatic rings. The van der Waals surface area contributed by atoms with Crippen molar-refractivity contribution in [2.75, 3.05) is 19.0 Å². The van der Waals surface area contributed by atoms with Gasteiger partial charge in [-0.25, -0.2) is 9.69 Å². The number of halogens is 2. The molecule has 1 fully saturated rings. The van der Waals surface area contributed by atoms with Crippen LogP contribution in [-0.4, -0.2) is 36.4 Å². The molecule has 8 nitrogen and oxygen atoms in total. The van der Waals surface area contributed by atoms with Crippen LogP contribution in [0.5, 0.6) is 11.5 Å². The van der Waals surface area contributed by atoms with Crippen LogP contribution in [-0.2, 0) is 16.2 Å². The molecule has 0 unspecified atom stereocenters. The number of ether oxygens (including phenoxy) is 2. The van der Waals surface area contributed by atoms with E-state index in [1.807, 2.05) is 37.3 Å². The standard InChI is InChI=1S/C27H23BrClN3O5/c1-16-7-9-19(10-8-16)30-24(33)14-32-26(34)22(31-27(32)35)12-17-11-20(28)25(23(13-17)36-2)37-15-18-5-3-4-6-21(18)29/h3-13H,14-15H2,1-2H3,(H,30,33)(H,31,35)/b22-12-. The van der Waals surface area contributed by atoms with Gasteiger partial charge in [0.1, 0.15) is 18.8 Å². The highest BCUT2D eigenvalue weighted by molar-refractivity contribution is 9.10. The summed E-state index contributed by atoms with van der Waals surface area (Å²) in [6.07, 6.45) is 1.50. The van der Waals surface area contributed by atoms with Crippen LogP contribution < -0.4 is 20.1 Å². The van der Waals surface area contributed by atoms with Crippen LogP contribution in [0.25, 0.3) is 6.08 Å². The quantitative estimate of drug-likeness (QED) is 0.268. The van der Waals surface area contributed by atoms with E-state index in [0.29, 0.717) is 32.2 Å². The van der Waals surface area contributed by atoms with E-state index in [0.717, 1.165) is 16.0 Å². The average molecular weight is 585 g/mol. The Bertz CT molecular complexity index is 1390. The molecule has 1 heterocycles. The van der Waals surface area contributed by atoms with Gasteiger partial charge in [-0.2, -0.15) is 0 Å². The maximum atomic E-state index is 12.9. The molecule has 0 aromatic heterocycles. The van der Waals surface area contributed by atoms with Crippen LogP contribution in [0.15, 0.2) is 70.8 Å². The number of nitrogens with one attached hydrogen (secondary N) is 2. The number of imide groups is 1. The molecule has 3 aromatic rings. The van der Waals surface area contributed by atoms with Crippen molar-refractivity contribution in [2.45, 2.75) is 13.5 Å². The van der Waals surface area contributed by atoms with Gasteiger partial charge < -0.3 is 20.1 Å². The largest absolute Gasteiger partial charge is 0.493 e. The molecule has 2 N–H and O–H groups in total. The van der Waals surface area contributed by atoms with E-state index >= 15 is 0 Å². The van der Waals surface area contributed by atoms with Crippen molar-refractivity contribution >= 4 is 57.1 Å². The van der Waals surface area contributed by atoms with E-state index in [4.69, 9.17) is 21.1 Å². The third kappa shape index (κ3) is 6.31. The van der Waals surface area contributed by atoms with Crippen molar-refractivity contribution in [3.05, 3.63) is 92.5 Å². The number of aryl methyl sites for hydroxylation is 1. The highest BCUT2D eigenvalue weighted by Crippen LogP contribution is 2.38. The number of benzene rings is 3. The fourth-order valence-electron chi connectivity index (χ4n) is 3.59. The number of carbonyl (C=O) groups excluding carboxylic acids is 3. The molecule has 3 aromatic carbocycles. The molecule has 0 radical (unpaired) electrons. The summed E-state index contributed by atoms with van der Waals surface area (Å²) >= 11 is 9.70. The predicted molar refractivity (Wildman–Crippen MR) is 145 cm³/mol. The van der Waals surface area contributed by atoms with E-state index in [2.05, 4.69) is 26.6 Å². The first-order valence-electron chi connectivity index (χ1n) is 11.2. The highest BCUT2D eigenvalue weighted by Gasteiger charge is 2.35. The molecular weight excluding hydrogens is 562 g/mol. The fourth-order valence-corrected chi connectivity index (χ4v) is 4.36. The maximum absolute atomic E-state index is 12.9. The Labute approximate surface area is 227 Å². The zero-order valence-electron chi connectivity index (χ0n) is 20.0. The number of methoxy groups -OCH3 is 1. The normalized spacial score (nSPS) is 14.1. The number of rotatable bonds is 8. The smallest absolute Gasteiger partial charge is 0.329 e. The molecule has 10 heteroatoms. The number of anilines is 1. The van der Waals surface area contributed by atoms with Crippen LogP contribution in [0.3, 0.4) is 0 Å². The Kier molecular flexibility index (Phi) is 8.15. The second-order valence-electron chi connectivity index (χ2n) is 8.21. The van der Waals surface area contributed by atoms with Gasteiger partial charge in [-0.05, 0) is 64.8 Å². The van der Waals surface area contributed by atoms with Crippen molar-refractivity contribution < 1.29 is 23.9 Å². The Morgan fingerprint density at radius 3 is 2.57 bits per heavy atom. The summed E-state index contributed by atoms with van der Waals surface area (Å²) in [5.74, 6) is -0.226. The maximum Gasteiger partial charge on any atom is 0.329 e.